The van der Waals surface area contributed by atoms with Gasteiger partial charge in [0.2, 0.25) is 0 Å². The van der Waals surface area contributed by atoms with Gasteiger partial charge in [-0.15, -0.1) is 0 Å². The number of hydrogen-bond acceptors (Lipinski definition) is 5. The van der Waals surface area contributed by atoms with E-state index in [9.17, 15) is 0 Å². The minimum Gasteiger partial charge on any atom is -0.492 e. The maximum atomic E-state index is 8.73. The van der Waals surface area contributed by atoms with E-state index in [2.05, 4.69) is 4.90 Å². The highest BCUT2D eigenvalue weighted by Gasteiger charge is 2.19. The highest BCUT2D eigenvalue weighted by molar-refractivity contribution is 5.43. The van der Waals surface area contributed by atoms with Crippen LogP contribution in [-0.4, -0.2) is 55.6 Å². The Morgan fingerprint density at radius 3 is 2.75 bits per heavy atom. The van der Waals surface area contributed by atoms with Crippen molar-refractivity contribution in [3.63, 3.8) is 0 Å². The van der Waals surface area contributed by atoms with Crippen LogP contribution in [0.5, 0.6) is 5.75 Å². The number of benzene rings is 1. The van der Waals surface area contributed by atoms with Gasteiger partial charge in [-0.3, -0.25) is 4.90 Å². The quantitative estimate of drug-likeness (QED) is 0.733. The fourth-order valence-electron chi connectivity index (χ4n) is 2.42. The van der Waals surface area contributed by atoms with Gasteiger partial charge in [0.25, 0.3) is 0 Å². The minimum absolute atomic E-state index is 0.105. The number of likely N-dealkylation sites (tertiary alicyclic amines) is 1. The number of rotatable bonds is 7. The highest BCUT2D eigenvalue weighted by Crippen LogP contribution is 2.16. The monoisotopic (exact) mass is 280 g/mol. The highest BCUT2D eigenvalue weighted by atomic mass is 16.5. The molecule has 1 heterocycles. The normalized spacial score (nSPS) is 17.2. The van der Waals surface area contributed by atoms with Crippen LogP contribution in [-0.2, 0) is 4.74 Å². The predicted molar refractivity (Wildman–Crippen MR) is 78.8 cm³/mol. The molecule has 3 N–H and O–H groups in total. The van der Waals surface area contributed by atoms with Crippen molar-refractivity contribution in [2.24, 2.45) is 0 Å². The fraction of sp³-hybridized carbons (Fsp3) is 0.600. The van der Waals surface area contributed by atoms with Crippen LogP contribution < -0.4 is 10.5 Å². The Hall–Kier alpha value is -1.30. The van der Waals surface area contributed by atoms with Crippen molar-refractivity contribution in [3.8, 4) is 5.75 Å². The summed E-state index contributed by atoms with van der Waals surface area (Å²) in [5.41, 5.74) is 6.43. The number of nitrogen functional groups attached to an aromatic ring is 1. The van der Waals surface area contributed by atoms with Crippen molar-refractivity contribution in [2.75, 3.05) is 45.2 Å². The van der Waals surface area contributed by atoms with Crippen LogP contribution in [0.2, 0.25) is 0 Å². The SMILES string of the molecule is Nc1cccc(OCCN2CCC(OCCO)CC2)c1. The van der Waals surface area contributed by atoms with Crippen LogP contribution in [0.25, 0.3) is 0 Å². The average molecular weight is 280 g/mol. The summed E-state index contributed by atoms with van der Waals surface area (Å²) >= 11 is 0. The summed E-state index contributed by atoms with van der Waals surface area (Å²) in [5.74, 6) is 0.825. The first-order valence-corrected chi connectivity index (χ1v) is 7.21. The minimum atomic E-state index is 0.105. The number of anilines is 1. The first-order chi connectivity index (χ1) is 9.78. The molecule has 5 heteroatoms. The van der Waals surface area contributed by atoms with Gasteiger partial charge in [-0.05, 0) is 25.0 Å². The van der Waals surface area contributed by atoms with Gasteiger partial charge in [0.15, 0.2) is 0 Å². The Morgan fingerprint density at radius 1 is 1.25 bits per heavy atom. The first kappa shape index (κ1) is 15.1. The molecule has 1 aliphatic heterocycles. The molecule has 0 unspecified atom stereocenters. The first-order valence-electron chi connectivity index (χ1n) is 7.21. The second-order valence-corrected chi connectivity index (χ2v) is 5.06. The molecule has 1 saturated heterocycles. The van der Waals surface area contributed by atoms with E-state index in [0.717, 1.165) is 43.9 Å². The molecule has 112 valence electrons. The summed E-state index contributed by atoms with van der Waals surface area (Å²) in [6.45, 7) is 4.19. The third-order valence-corrected chi connectivity index (χ3v) is 3.51. The lowest BCUT2D eigenvalue weighted by Gasteiger charge is -2.31. The molecule has 0 radical (unpaired) electrons. The Labute approximate surface area is 120 Å². The number of aliphatic hydroxyl groups is 1. The van der Waals surface area contributed by atoms with Gasteiger partial charge in [-0.2, -0.15) is 0 Å². The zero-order valence-electron chi connectivity index (χ0n) is 11.8. The van der Waals surface area contributed by atoms with Crippen molar-refractivity contribution < 1.29 is 14.6 Å². The summed E-state index contributed by atoms with van der Waals surface area (Å²) in [6, 6.07) is 7.51. The molecule has 20 heavy (non-hydrogen) atoms. The van der Waals surface area contributed by atoms with E-state index >= 15 is 0 Å². The molecular formula is C15H24N2O3. The molecule has 2 rings (SSSR count). The third kappa shape index (κ3) is 5.00. The summed E-state index contributed by atoms with van der Waals surface area (Å²) < 4.78 is 11.2. The molecule has 1 aromatic rings. The van der Waals surface area contributed by atoms with Gasteiger partial charge >= 0.3 is 0 Å². The summed E-state index contributed by atoms with van der Waals surface area (Å²) in [6.07, 6.45) is 2.35. The Bertz CT molecular complexity index is 392. The van der Waals surface area contributed by atoms with Crippen molar-refractivity contribution >= 4 is 5.69 Å². The Kier molecular flexibility index (Phi) is 6.11. The zero-order chi connectivity index (χ0) is 14.2. The lowest BCUT2D eigenvalue weighted by molar-refractivity contribution is -0.00923. The second kappa shape index (κ2) is 8.09. The van der Waals surface area contributed by atoms with Crippen LogP contribution in [0.1, 0.15) is 12.8 Å². The van der Waals surface area contributed by atoms with E-state index in [1.165, 1.54) is 0 Å². The maximum absolute atomic E-state index is 8.73. The van der Waals surface area contributed by atoms with E-state index in [1.54, 1.807) is 0 Å². The molecule has 0 aromatic heterocycles. The molecule has 0 saturated carbocycles. The number of ether oxygens (including phenoxy) is 2. The third-order valence-electron chi connectivity index (χ3n) is 3.51. The van der Waals surface area contributed by atoms with Gasteiger partial charge in [0, 0.05) is 31.4 Å². The van der Waals surface area contributed by atoms with Crippen molar-refractivity contribution in [1.29, 1.82) is 0 Å². The number of piperidine rings is 1. The van der Waals surface area contributed by atoms with Crippen LogP contribution in [0.3, 0.4) is 0 Å². The molecule has 1 fully saturated rings. The van der Waals surface area contributed by atoms with Gasteiger partial charge in [-0.25, -0.2) is 0 Å². The average Bonchev–Trinajstić information content (AvgIpc) is 2.46. The molecule has 0 amide bonds. The summed E-state index contributed by atoms with van der Waals surface area (Å²) in [7, 11) is 0. The van der Waals surface area contributed by atoms with Crippen molar-refractivity contribution in [2.45, 2.75) is 18.9 Å². The molecule has 0 spiro atoms. The summed E-state index contributed by atoms with van der Waals surface area (Å²) in [5, 5.41) is 8.73. The molecule has 0 atom stereocenters. The lowest BCUT2D eigenvalue weighted by Crippen LogP contribution is -2.39. The predicted octanol–water partition coefficient (Wildman–Crippen LogP) is 1.12. The molecule has 0 bridgehead atoms. The van der Waals surface area contributed by atoms with E-state index in [4.69, 9.17) is 20.3 Å². The van der Waals surface area contributed by atoms with E-state index in [0.29, 0.717) is 19.3 Å². The van der Waals surface area contributed by atoms with Crippen LogP contribution in [0, 0.1) is 0 Å². The Morgan fingerprint density at radius 2 is 2.05 bits per heavy atom. The molecule has 1 aromatic carbocycles. The fourth-order valence-corrected chi connectivity index (χ4v) is 2.42. The number of hydrogen-bond donors (Lipinski definition) is 2. The largest absolute Gasteiger partial charge is 0.492 e. The lowest BCUT2D eigenvalue weighted by atomic mass is 10.1. The zero-order valence-corrected chi connectivity index (χ0v) is 11.8. The molecule has 0 aliphatic carbocycles. The van der Waals surface area contributed by atoms with Crippen LogP contribution in [0.15, 0.2) is 24.3 Å². The molecule has 1 aliphatic rings. The topological polar surface area (TPSA) is 68.0 Å². The molecular weight excluding hydrogens is 256 g/mol. The number of nitrogens with zero attached hydrogens (tertiary/aromatic N) is 1. The molecule has 5 nitrogen and oxygen atoms in total. The van der Waals surface area contributed by atoms with Crippen molar-refractivity contribution in [1.82, 2.24) is 4.90 Å². The van der Waals surface area contributed by atoms with Crippen LogP contribution in [0.4, 0.5) is 5.69 Å². The standard InChI is InChI=1S/C15H24N2O3/c16-13-2-1-3-15(12-13)19-10-8-17-6-4-14(5-7-17)20-11-9-18/h1-3,12,14,18H,4-11,16H2. The smallest absolute Gasteiger partial charge is 0.121 e. The van der Waals surface area contributed by atoms with Crippen molar-refractivity contribution in [3.05, 3.63) is 24.3 Å². The van der Waals surface area contributed by atoms with Gasteiger partial charge in [0.05, 0.1) is 19.3 Å². The second-order valence-electron chi connectivity index (χ2n) is 5.06. The summed E-state index contributed by atoms with van der Waals surface area (Å²) in [4.78, 5) is 2.38. The number of aliphatic hydroxyl groups excluding tert-OH is 1. The van der Waals surface area contributed by atoms with Crippen LogP contribution >= 0.6 is 0 Å². The van der Waals surface area contributed by atoms with E-state index in [1.807, 2.05) is 24.3 Å². The Balaban J connectivity index is 1.61. The van der Waals surface area contributed by atoms with E-state index < -0.39 is 0 Å². The van der Waals surface area contributed by atoms with Gasteiger partial charge in [-0.1, -0.05) is 6.07 Å². The van der Waals surface area contributed by atoms with Gasteiger partial charge < -0.3 is 20.3 Å². The maximum Gasteiger partial charge on any atom is 0.121 e. The number of nitrogens with two attached hydrogens (primary N) is 1. The van der Waals surface area contributed by atoms with Gasteiger partial charge in [0.1, 0.15) is 12.4 Å². The van der Waals surface area contributed by atoms with E-state index in [-0.39, 0.29) is 6.61 Å².